The van der Waals surface area contributed by atoms with Gasteiger partial charge in [0.05, 0.1) is 12.6 Å². The standard InChI is InChI=1S/C29H36N4O4/c1-18(2)16-23(30-27(35)20-10-12-22(13-11-20)31(4)5)29(37)32-15-14-24-26(32)25(34)17-33(24)28(36)21-8-6-19(3)7-9-21/h6-13,18,23-24,26H,14-17H2,1-5H3,(H,30,35)/t23-,24?,26?/m0/s1. The van der Waals surface area contributed by atoms with Crippen LogP contribution in [0.25, 0.3) is 0 Å². The van der Waals surface area contributed by atoms with Crippen molar-refractivity contribution in [2.24, 2.45) is 5.92 Å². The van der Waals surface area contributed by atoms with Gasteiger partial charge in [-0.2, -0.15) is 0 Å². The second kappa shape index (κ2) is 10.7. The zero-order chi connectivity index (χ0) is 26.9. The van der Waals surface area contributed by atoms with E-state index in [1.165, 1.54) is 0 Å². The highest BCUT2D eigenvalue weighted by Gasteiger charge is 2.52. The van der Waals surface area contributed by atoms with E-state index in [4.69, 9.17) is 0 Å². The van der Waals surface area contributed by atoms with Crippen LogP contribution in [-0.2, 0) is 9.59 Å². The van der Waals surface area contributed by atoms with E-state index >= 15 is 0 Å². The van der Waals surface area contributed by atoms with Crippen molar-refractivity contribution < 1.29 is 19.2 Å². The molecule has 196 valence electrons. The molecule has 4 rings (SSSR count). The van der Waals surface area contributed by atoms with Crippen LogP contribution >= 0.6 is 0 Å². The Bertz CT molecular complexity index is 1170. The van der Waals surface area contributed by atoms with Gasteiger partial charge >= 0.3 is 0 Å². The Morgan fingerprint density at radius 3 is 2.19 bits per heavy atom. The molecule has 0 aromatic heterocycles. The van der Waals surface area contributed by atoms with E-state index < -0.39 is 12.1 Å². The molecule has 2 heterocycles. The molecule has 0 aliphatic carbocycles. The van der Waals surface area contributed by atoms with Crippen LogP contribution in [0.3, 0.4) is 0 Å². The largest absolute Gasteiger partial charge is 0.378 e. The summed E-state index contributed by atoms with van der Waals surface area (Å²) < 4.78 is 0. The highest BCUT2D eigenvalue weighted by Crippen LogP contribution is 2.32. The third-order valence-corrected chi connectivity index (χ3v) is 7.22. The molecule has 2 aromatic rings. The zero-order valence-electron chi connectivity index (χ0n) is 22.2. The van der Waals surface area contributed by atoms with E-state index in [0.717, 1.165) is 11.3 Å². The fourth-order valence-corrected chi connectivity index (χ4v) is 5.25. The smallest absolute Gasteiger partial charge is 0.254 e. The number of hydrogen-bond donors (Lipinski definition) is 1. The van der Waals surface area contributed by atoms with Crippen molar-refractivity contribution in [2.75, 3.05) is 32.1 Å². The molecule has 0 radical (unpaired) electrons. The molecule has 8 nitrogen and oxygen atoms in total. The number of carbonyl (C=O) groups excluding carboxylic acids is 4. The minimum atomic E-state index is -0.755. The van der Waals surface area contributed by atoms with E-state index in [2.05, 4.69) is 5.32 Å². The number of amides is 3. The Kier molecular flexibility index (Phi) is 7.66. The van der Waals surface area contributed by atoms with Crippen molar-refractivity contribution in [3.63, 3.8) is 0 Å². The summed E-state index contributed by atoms with van der Waals surface area (Å²) in [5.41, 5.74) is 3.03. The van der Waals surface area contributed by atoms with Gasteiger partial charge in [0.2, 0.25) is 5.91 Å². The summed E-state index contributed by atoms with van der Waals surface area (Å²) in [7, 11) is 3.85. The molecule has 0 spiro atoms. The van der Waals surface area contributed by atoms with E-state index in [9.17, 15) is 19.2 Å². The molecular weight excluding hydrogens is 468 g/mol. The Morgan fingerprint density at radius 1 is 0.973 bits per heavy atom. The summed E-state index contributed by atoms with van der Waals surface area (Å²) in [5, 5.41) is 2.91. The van der Waals surface area contributed by atoms with Crippen LogP contribution in [0, 0.1) is 12.8 Å². The molecule has 2 aliphatic rings. The maximum atomic E-state index is 13.7. The van der Waals surface area contributed by atoms with Crippen LogP contribution < -0.4 is 10.2 Å². The third-order valence-electron chi connectivity index (χ3n) is 7.22. The summed E-state index contributed by atoms with van der Waals surface area (Å²) in [6, 6.07) is 12.7. The monoisotopic (exact) mass is 504 g/mol. The van der Waals surface area contributed by atoms with Crippen molar-refractivity contribution in [1.29, 1.82) is 0 Å². The van der Waals surface area contributed by atoms with Crippen LogP contribution in [-0.4, -0.2) is 78.6 Å². The zero-order valence-corrected chi connectivity index (χ0v) is 22.2. The van der Waals surface area contributed by atoms with Crippen molar-refractivity contribution >= 4 is 29.2 Å². The van der Waals surface area contributed by atoms with Crippen LogP contribution in [0.2, 0.25) is 0 Å². The Labute approximate surface area is 218 Å². The number of benzene rings is 2. The van der Waals surface area contributed by atoms with Crippen molar-refractivity contribution in [1.82, 2.24) is 15.1 Å². The molecule has 1 N–H and O–H groups in total. The van der Waals surface area contributed by atoms with Gasteiger partial charge in [-0.05, 0) is 62.1 Å². The fourth-order valence-electron chi connectivity index (χ4n) is 5.25. The quantitative estimate of drug-likeness (QED) is 0.626. The van der Waals surface area contributed by atoms with E-state index in [-0.39, 0.29) is 42.0 Å². The molecule has 0 saturated carbocycles. The number of carbonyl (C=O) groups is 4. The minimum Gasteiger partial charge on any atom is -0.378 e. The fraction of sp³-hybridized carbons (Fsp3) is 0.448. The average molecular weight is 505 g/mol. The third kappa shape index (κ3) is 5.53. The van der Waals surface area contributed by atoms with Gasteiger partial charge < -0.3 is 20.0 Å². The Balaban J connectivity index is 1.49. The first-order valence-corrected chi connectivity index (χ1v) is 12.9. The highest BCUT2D eigenvalue weighted by atomic mass is 16.2. The summed E-state index contributed by atoms with van der Waals surface area (Å²) in [5.74, 6) is -0.761. The first-order chi connectivity index (χ1) is 17.6. The van der Waals surface area contributed by atoms with Gasteiger partial charge in [0.25, 0.3) is 11.8 Å². The molecule has 8 heteroatoms. The van der Waals surface area contributed by atoms with Gasteiger partial charge in [-0.25, -0.2) is 0 Å². The summed E-state index contributed by atoms with van der Waals surface area (Å²) in [4.78, 5) is 58.1. The normalized spacial score (nSPS) is 19.7. The first-order valence-electron chi connectivity index (χ1n) is 12.9. The number of hydrogen-bond acceptors (Lipinski definition) is 5. The van der Waals surface area contributed by atoms with Crippen molar-refractivity contribution in [3.05, 3.63) is 65.2 Å². The second-order valence-electron chi connectivity index (χ2n) is 10.7. The Hall–Kier alpha value is -3.68. The lowest BCUT2D eigenvalue weighted by atomic mass is 10.0. The molecule has 2 fully saturated rings. The topological polar surface area (TPSA) is 90.0 Å². The maximum absolute atomic E-state index is 13.7. The van der Waals surface area contributed by atoms with E-state index in [1.54, 1.807) is 34.1 Å². The average Bonchev–Trinajstić information content (AvgIpc) is 3.44. The van der Waals surface area contributed by atoms with Crippen molar-refractivity contribution in [2.45, 2.75) is 51.7 Å². The lowest BCUT2D eigenvalue weighted by Gasteiger charge is -2.29. The number of likely N-dealkylation sites (tertiary alicyclic amines) is 2. The predicted molar refractivity (Wildman–Crippen MR) is 143 cm³/mol. The van der Waals surface area contributed by atoms with Gasteiger partial charge in [0.1, 0.15) is 12.1 Å². The molecule has 3 amide bonds. The van der Waals surface area contributed by atoms with Gasteiger partial charge in [-0.1, -0.05) is 31.5 Å². The summed E-state index contributed by atoms with van der Waals surface area (Å²) in [6.07, 6.45) is 0.989. The van der Waals surface area contributed by atoms with Crippen LogP contribution in [0.15, 0.2) is 48.5 Å². The minimum absolute atomic E-state index is 0.00868. The first kappa shape index (κ1) is 26.4. The number of rotatable bonds is 7. The lowest BCUT2D eigenvalue weighted by Crippen LogP contribution is -2.53. The summed E-state index contributed by atoms with van der Waals surface area (Å²) >= 11 is 0. The number of nitrogens with zero attached hydrogens (tertiary/aromatic N) is 3. The maximum Gasteiger partial charge on any atom is 0.254 e. The molecule has 37 heavy (non-hydrogen) atoms. The molecule has 2 aromatic carbocycles. The van der Waals surface area contributed by atoms with Gasteiger partial charge in [0.15, 0.2) is 5.78 Å². The molecule has 2 saturated heterocycles. The van der Waals surface area contributed by atoms with Gasteiger partial charge in [-0.3, -0.25) is 19.2 Å². The number of ketones is 1. The summed E-state index contributed by atoms with van der Waals surface area (Å²) in [6.45, 7) is 6.31. The van der Waals surface area contributed by atoms with Crippen LogP contribution in [0.5, 0.6) is 0 Å². The number of Topliss-reactive ketones (excluding diaryl/α,β-unsaturated/α-hetero) is 1. The van der Waals surface area contributed by atoms with Crippen LogP contribution in [0.4, 0.5) is 5.69 Å². The van der Waals surface area contributed by atoms with Crippen LogP contribution in [0.1, 0.15) is 53.0 Å². The van der Waals surface area contributed by atoms with E-state index in [1.807, 2.05) is 64.0 Å². The van der Waals surface area contributed by atoms with E-state index in [0.29, 0.717) is 30.5 Å². The number of anilines is 1. The number of aryl methyl sites for hydroxylation is 1. The molecule has 2 aliphatic heterocycles. The lowest BCUT2D eigenvalue weighted by molar-refractivity contribution is -0.138. The SMILES string of the molecule is Cc1ccc(C(=O)N2CC(=O)C3C2CCN3C(=O)[C@H](CC(C)C)NC(=O)c2ccc(N(C)C)cc2)cc1. The van der Waals surface area contributed by atoms with Gasteiger partial charge in [-0.15, -0.1) is 0 Å². The highest BCUT2D eigenvalue weighted by molar-refractivity contribution is 6.03. The molecular formula is C29H36N4O4. The van der Waals surface area contributed by atoms with Gasteiger partial charge in [0, 0.05) is 37.5 Å². The second-order valence-corrected chi connectivity index (χ2v) is 10.7. The Morgan fingerprint density at radius 2 is 1.59 bits per heavy atom. The van der Waals surface area contributed by atoms with Crippen molar-refractivity contribution in [3.8, 4) is 0 Å². The molecule has 3 atom stereocenters. The predicted octanol–water partition coefficient (Wildman–Crippen LogP) is 2.90. The molecule has 2 unspecified atom stereocenters. The number of nitrogens with one attached hydrogen (secondary N) is 1. The number of fused-ring (bicyclic) bond motifs is 1. The molecule has 0 bridgehead atoms.